The molecule has 1 aliphatic rings. The van der Waals surface area contributed by atoms with Crippen molar-refractivity contribution >= 4 is 48.7 Å². The van der Waals surface area contributed by atoms with Gasteiger partial charge in [0.2, 0.25) is 0 Å². The van der Waals surface area contributed by atoms with Crippen LogP contribution in [0.5, 0.6) is 0 Å². The lowest BCUT2D eigenvalue weighted by Gasteiger charge is -2.33. The highest BCUT2D eigenvalue weighted by Crippen LogP contribution is 2.39. The number of benzene rings is 2. The minimum absolute atomic E-state index is 0.718. The summed E-state index contributed by atoms with van der Waals surface area (Å²) in [6, 6.07) is 16.8. The topological polar surface area (TPSA) is 29.0 Å². The summed E-state index contributed by atoms with van der Waals surface area (Å²) in [6.45, 7) is 10.2. The Morgan fingerprint density at radius 3 is 1.82 bits per heavy atom. The van der Waals surface area contributed by atoms with Crippen molar-refractivity contribution in [3.8, 4) is 0 Å². The van der Waals surface area contributed by atoms with Gasteiger partial charge in [0.15, 0.2) is 0 Å². The van der Waals surface area contributed by atoms with Crippen LogP contribution in [0.2, 0.25) is 0 Å². The zero-order valence-corrected chi connectivity index (χ0v) is 22.0. The van der Waals surface area contributed by atoms with Crippen LogP contribution in [0, 0.1) is 5.92 Å². The van der Waals surface area contributed by atoms with Crippen LogP contribution >= 0.6 is 22.7 Å². The highest BCUT2D eigenvalue weighted by atomic mass is 32.1. The molecule has 0 aliphatic carbocycles. The van der Waals surface area contributed by atoms with E-state index in [9.17, 15) is 0 Å². The largest absolute Gasteiger partial charge is 0.349 e. The summed E-state index contributed by atoms with van der Waals surface area (Å²) in [4.78, 5) is 12.6. The number of rotatable bonds is 7. The van der Waals surface area contributed by atoms with Crippen molar-refractivity contribution in [2.24, 2.45) is 5.92 Å². The van der Waals surface area contributed by atoms with Gasteiger partial charge >= 0.3 is 0 Å². The van der Waals surface area contributed by atoms with Crippen LogP contribution in [0.3, 0.4) is 0 Å². The average molecular weight is 486 g/mol. The van der Waals surface area contributed by atoms with Crippen molar-refractivity contribution in [1.29, 1.82) is 0 Å². The van der Waals surface area contributed by atoms with E-state index in [2.05, 4.69) is 93.3 Å². The fraction of sp³-hybridized carbons (Fsp3) is 0.310. The normalized spacial score (nSPS) is 15.1. The van der Waals surface area contributed by atoms with Gasteiger partial charge in [-0.1, -0.05) is 51.0 Å². The summed E-state index contributed by atoms with van der Waals surface area (Å²) >= 11 is 3.51. The van der Waals surface area contributed by atoms with Crippen molar-refractivity contribution in [3.05, 3.63) is 87.7 Å². The van der Waals surface area contributed by atoms with Gasteiger partial charge in [-0.05, 0) is 68.2 Å². The number of aromatic nitrogens is 2. The van der Waals surface area contributed by atoms with Crippen LogP contribution in [0.1, 0.15) is 57.0 Å². The molecule has 0 spiro atoms. The first-order valence-electron chi connectivity index (χ1n) is 12.2. The van der Waals surface area contributed by atoms with Crippen LogP contribution in [-0.4, -0.2) is 21.4 Å². The van der Waals surface area contributed by atoms with Crippen molar-refractivity contribution in [3.63, 3.8) is 0 Å². The Bertz CT molecular complexity index is 1260. The van der Waals surface area contributed by atoms with Crippen LogP contribution in [-0.2, 0) is 0 Å². The van der Waals surface area contributed by atoms with E-state index in [4.69, 9.17) is 9.97 Å². The molecule has 5 heteroatoms. The minimum Gasteiger partial charge on any atom is -0.349 e. The molecule has 0 saturated heterocycles. The SMILES string of the molecule is CCC[C@@H](CC)CN1C(C)=CC(=C(c2nc3ccccc3s2)c2nc3ccccc3s2)C=C1C. The maximum atomic E-state index is 5.05. The molecular weight excluding hydrogens is 454 g/mol. The van der Waals surface area contributed by atoms with Crippen LogP contribution in [0.25, 0.3) is 26.0 Å². The van der Waals surface area contributed by atoms with E-state index in [1.807, 2.05) is 0 Å². The molecule has 5 rings (SSSR count). The molecule has 174 valence electrons. The third kappa shape index (κ3) is 4.47. The summed E-state index contributed by atoms with van der Waals surface area (Å²) in [7, 11) is 0. The Hall–Kier alpha value is -2.76. The number of hydrogen-bond acceptors (Lipinski definition) is 5. The van der Waals surface area contributed by atoms with E-state index in [1.54, 1.807) is 22.7 Å². The first-order valence-corrected chi connectivity index (χ1v) is 13.8. The maximum Gasteiger partial charge on any atom is 0.128 e. The number of fused-ring (bicyclic) bond motifs is 2. The van der Waals surface area contributed by atoms with E-state index in [0.717, 1.165) is 39.1 Å². The molecule has 0 unspecified atom stereocenters. The summed E-state index contributed by atoms with van der Waals surface area (Å²) in [5, 5.41) is 2.07. The van der Waals surface area contributed by atoms with E-state index in [-0.39, 0.29) is 0 Å². The quantitative estimate of drug-likeness (QED) is 0.262. The number of allylic oxidation sites excluding steroid dienone is 5. The van der Waals surface area contributed by atoms with Crippen molar-refractivity contribution in [1.82, 2.24) is 14.9 Å². The van der Waals surface area contributed by atoms with Crippen LogP contribution < -0.4 is 0 Å². The lowest BCUT2D eigenvalue weighted by atomic mass is 9.97. The smallest absolute Gasteiger partial charge is 0.128 e. The standard InChI is InChI=1S/C29H31N3S2/c1-5-11-21(6-2)18-32-19(3)16-22(17-20(32)4)27(28-30-23-12-7-9-14-25(23)33-28)29-31-24-13-8-10-15-26(24)34-29/h7-10,12-17,21H,5-6,11,18H2,1-4H3/t21-/m1/s1. The Kier molecular flexibility index (Phi) is 6.66. The highest BCUT2D eigenvalue weighted by Gasteiger charge is 2.23. The number of nitrogens with zero attached hydrogens (tertiary/aromatic N) is 3. The highest BCUT2D eigenvalue weighted by molar-refractivity contribution is 7.22. The van der Waals surface area contributed by atoms with Crippen LogP contribution in [0.4, 0.5) is 0 Å². The van der Waals surface area contributed by atoms with Crippen molar-refractivity contribution < 1.29 is 0 Å². The van der Waals surface area contributed by atoms with Gasteiger partial charge < -0.3 is 4.90 Å². The zero-order chi connectivity index (χ0) is 23.7. The third-order valence-corrected chi connectivity index (χ3v) is 8.71. The van der Waals surface area contributed by atoms with Gasteiger partial charge in [-0.15, -0.1) is 22.7 Å². The Morgan fingerprint density at radius 2 is 1.35 bits per heavy atom. The Balaban J connectivity index is 1.64. The molecule has 0 bridgehead atoms. The fourth-order valence-electron chi connectivity index (χ4n) is 4.75. The van der Waals surface area contributed by atoms with Gasteiger partial charge in [0.25, 0.3) is 0 Å². The van der Waals surface area contributed by atoms with Crippen molar-refractivity contribution in [2.75, 3.05) is 6.54 Å². The van der Waals surface area contributed by atoms with Gasteiger partial charge in [-0.25, -0.2) is 9.97 Å². The Labute approximate surface area is 210 Å². The molecule has 1 atom stereocenters. The molecule has 4 aromatic rings. The second-order valence-electron chi connectivity index (χ2n) is 9.05. The van der Waals surface area contributed by atoms with E-state index in [0.29, 0.717) is 0 Å². The van der Waals surface area contributed by atoms with Gasteiger partial charge in [0.05, 0.1) is 26.0 Å². The van der Waals surface area contributed by atoms with E-state index < -0.39 is 0 Å². The summed E-state index contributed by atoms with van der Waals surface area (Å²) < 4.78 is 2.42. The molecule has 0 radical (unpaired) electrons. The monoisotopic (exact) mass is 485 g/mol. The molecular formula is C29H31N3S2. The minimum atomic E-state index is 0.718. The molecule has 0 N–H and O–H groups in total. The van der Waals surface area contributed by atoms with Gasteiger partial charge in [-0.2, -0.15) is 0 Å². The molecule has 3 nitrogen and oxygen atoms in total. The lowest BCUT2D eigenvalue weighted by molar-refractivity contribution is 0.315. The maximum absolute atomic E-state index is 5.05. The average Bonchev–Trinajstić information content (AvgIpc) is 3.44. The summed E-state index contributed by atoms with van der Waals surface area (Å²) in [6.07, 6.45) is 8.40. The predicted octanol–water partition coefficient (Wildman–Crippen LogP) is 8.66. The number of thiazole rings is 2. The fourth-order valence-corrected chi connectivity index (χ4v) is 6.88. The lowest BCUT2D eigenvalue weighted by Crippen LogP contribution is -2.28. The van der Waals surface area contributed by atoms with E-state index in [1.165, 1.54) is 45.6 Å². The van der Waals surface area contributed by atoms with E-state index >= 15 is 0 Å². The predicted molar refractivity (Wildman–Crippen MR) is 148 cm³/mol. The first kappa shape index (κ1) is 23.0. The number of para-hydroxylation sites is 2. The summed E-state index contributed by atoms with van der Waals surface area (Å²) in [5.41, 5.74) is 7.03. The molecule has 0 saturated carbocycles. The molecule has 3 heterocycles. The molecule has 2 aromatic heterocycles. The van der Waals surface area contributed by atoms with Gasteiger partial charge in [-0.3, -0.25) is 0 Å². The summed E-state index contributed by atoms with van der Waals surface area (Å²) in [5.74, 6) is 0.718. The molecule has 0 fully saturated rings. The number of hydrogen-bond donors (Lipinski definition) is 0. The molecule has 2 aromatic carbocycles. The third-order valence-electron chi connectivity index (χ3n) is 6.60. The molecule has 1 aliphatic heterocycles. The second kappa shape index (κ2) is 9.85. The van der Waals surface area contributed by atoms with Crippen molar-refractivity contribution in [2.45, 2.75) is 47.0 Å². The molecule has 34 heavy (non-hydrogen) atoms. The van der Waals surface area contributed by atoms with Gasteiger partial charge in [0, 0.05) is 17.9 Å². The Morgan fingerprint density at radius 1 is 0.824 bits per heavy atom. The van der Waals surface area contributed by atoms with Crippen LogP contribution in [0.15, 0.2) is 77.7 Å². The second-order valence-corrected chi connectivity index (χ2v) is 11.1. The zero-order valence-electron chi connectivity index (χ0n) is 20.3. The molecule has 0 amide bonds. The van der Waals surface area contributed by atoms with Gasteiger partial charge in [0.1, 0.15) is 10.0 Å². The first-order chi connectivity index (χ1) is 16.6.